The van der Waals surface area contributed by atoms with E-state index in [-0.39, 0.29) is 0 Å². The number of carboxylic acid groups (broad SMARTS) is 1. The zero-order valence-corrected chi connectivity index (χ0v) is 7.71. The van der Waals surface area contributed by atoms with Gasteiger partial charge >= 0.3 is 5.97 Å². The predicted octanol–water partition coefficient (Wildman–Crippen LogP) is 2.76. The minimum Gasteiger partial charge on any atom is -0.478 e. The lowest BCUT2D eigenvalue weighted by Gasteiger charge is -1.92. The summed E-state index contributed by atoms with van der Waals surface area (Å²) in [7, 11) is 0. The molecule has 0 fully saturated rings. The first-order valence-electron chi connectivity index (χ1n) is 4.28. The van der Waals surface area contributed by atoms with Crippen LogP contribution < -0.4 is 0 Å². The highest BCUT2D eigenvalue weighted by Gasteiger charge is 1.98. The minimum absolute atomic E-state index is 0.367. The average Bonchev–Trinajstić information content (AvgIpc) is 2.04. The highest BCUT2D eigenvalue weighted by Crippen LogP contribution is 2.00. The summed E-state index contributed by atoms with van der Waals surface area (Å²) in [5, 5.41) is 8.61. The first-order chi connectivity index (χ1) is 5.72. The molecule has 0 saturated carbocycles. The Labute approximate surface area is 73.6 Å². The van der Waals surface area contributed by atoms with Gasteiger partial charge in [-0.15, -0.1) is 0 Å². The average molecular weight is 168 g/mol. The van der Waals surface area contributed by atoms with Gasteiger partial charge in [-0.25, -0.2) is 4.79 Å². The molecule has 1 N–H and O–H groups in total. The molecule has 0 rings (SSSR count). The van der Waals surface area contributed by atoms with Gasteiger partial charge in [-0.1, -0.05) is 38.0 Å². The molecule has 0 radical (unpaired) electrons. The lowest BCUT2D eigenvalue weighted by atomic mass is 10.2. The molecule has 0 aliphatic rings. The van der Waals surface area contributed by atoms with Crippen molar-refractivity contribution in [3.63, 3.8) is 0 Å². The number of aliphatic carboxylic acids is 1. The van der Waals surface area contributed by atoms with Crippen molar-refractivity contribution in [1.29, 1.82) is 0 Å². The molecule has 2 heteroatoms. The molecular weight excluding hydrogens is 152 g/mol. The van der Waals surface area contributed by atoms with Crippen molar-refractivity contribution in [2.75, 3.05) is 0 Å². The van der Waals surface area contributed by atoms with Crippen LogP contribution >= 0.6 is 0 Å². The summed E-state index contributed by atoms with van der Waals surface area (Å²) < 4.78 is 0. The highest BCUT2D eigenvalue weighted by atomic mass is 16.4. The van der Waals surface area contributed by atoms with Crippen molar-refractivity contribution in [3.05, 3.63) is 23.8 Å². The SMILES string of the molecule is CC=C(C=CCCCC)C(=O)O. The predicted molar refractivity (Wildman–Crippen MR) is 50.1 cm³/mol. The summed E-state index contributed by atoms with van der Waals surface area (Å²) in [6.07, 6.45) is 8.40. The van der Waals surface area contributed by atoms with E-state index in [4.69, 9.17) is 5.11 Å². The van der Waals surface area contributed by atoms with E-state index >= 15 is 0 Å². The second-order valence-corrected chi connectivity index (χ2v) is 2.59. The Morgan fingerprint density at radius 1 is 1.50 bits per heavy atom. The number of rotatable bonds is 5. The molecule has 68 valence electrons. The maximum Gasteiger partial charge on any atom is 0.335 e. The van der Waals surface area contributed by atoms with Crippen LogP contribution in [0, 0.1) is 0 Å². The van der Waals surface area contributed by atoms with Crippen LogP contribution in [0.15, 0.2) is 23.8 Å². The molecule has 0 amide bonds. The molecule has 0 atom stereocenters. The van der Waals surface area contributed by atoms with Crippen molar-refractivity contribution in [1.82, 2.24) is 0 Å². The summed E-state index contributed by atoms with van der Waals surface area (Å²) in [4.78, 5) is 10.5. The molecule has 0 saturated heterocycles. The number of hydrogen-bond donors (Lipinski definition) is 1. The quantitative estimate of drug-likeness (QED) is 0.389. The van der Waals surface area contributed by atoms with Crippen LogP contribution in [-0.4, -0.2) is 11.1 Å². The number of carboxylic acids is 1. The van der Waals surface area contributed by atoms with Gasteiger partial charge in [0.05, 0.1) is 5.57 Å². The Kier molecular flexibility index (Phi) is 6.07. The molecule has 0 aliphatic carbocycles. The molecule has 0 aromatic carbocycles. The van der Waals surface area contributed by atoms with E-state index in [2.05, 4.69) is 6.92 Å². The first-order valence-corrected chi connectivity index (χ1v) is 4.28. The molecular formula is C10H16O2. The standard InChI is InChI=1S/C10H16O2/c1-3-5-6-7-8-9(4-2)10(11)12/h4,7-8H,3,5-6H2,1-2H3,(H,11,12). The van der Waals surface area contributed by atoms with Crippen LogP contribution in [0.3, 0.4) is 0 Å². The van der Waals surface area contributed by atoms with Crippen molar-refractivity contribution < 1.29 is 9.90 Å². The molecule has 0 heterocycles. The highest BCUT2D eigenvalue weighted by molar-refractivity contribution is 5.89. The lowest BCUT2D eigenvalue weighted by molar-refractivity contribution is -0.132. The fourth-order valence-corrected chi connectivity index (χ4v) is 0.823. The lowest BCUT2D eigenvalue weighted by Crippen LogP contribution is -1.96. The summed E-state index contributed by atoms with van der Waals surface area (Å²) in [5.74, 6) is -0.856. The molecule has 0 spiro atoms. The summed E-state index contributed by atoms with van der Waals surface area (Å²) in [6, 6.07) is 0. The summed E-state index contributed by atoms with van der Waals surface area (Å²) >= 11 is 0. The Hall–Kier alpha value is -1.05. The van der Waals surface area contributed by atoms with Crippen LogP contribution in [0.2, 0.25) is 0 Å². The maximum atomic E-state index is 10.5. The van der Waals surface area contributed by atoms with Crippen molar-refractivity contribution in [2.24, 2.45) is 0 Å². The van der Waals surface area contributed by atoms with E-state index in [0.29, 0.717) is 5.57 Å². The Morgan fingerprint density at radius 3 is 2.58 bits per heavy atom. The van der Waals surface area contributed by atoms with Gasteiger partial charge in [-0.2, -0.15) is 0 Å². The summed E-state index contributed by atoms with van der Waals surface area (Å²) in [5.41, 5.74) is 0.367. The normalized spacial score (nSPS) is 12.3. The van der Waals surface area contributed by atoms with Crippen LogP contribution in [0.5, 0.6) is 0 Å². The third-order valence-electron chi connectivity index (χ3n) is 1.58. The second kappa shape index (κ2) is 6.65. The molecule has 0 bridgehead atoms. The van der Waals surface area contributed by atoms with Crippen LogP contribution in [0.1, 0.15) is 33.1 Å². The molecule has 0 aliphatic heterocycles. The molecule has 0 unspecified atom stereocenters. The zero-order chi connectivity index (χ0) is 9.40. The van der Waals surface area contributed by atoms with Gasteiger partial charge < -0.3 is 5.11 Å². The number of unbranched alkanes of at least 4 members (excludes halogenated alkanes) is 2. The molecule has 2 nitrogen and oxygen atoms in total. The second-order valence-electron chi connectivity index (χ2n) is 2.59. The van der Waals surface area contributed by atoms with E-state index in [9.17, 15) is 4.79 Å². The topological polar surface area (TPSA) is 37.3 Å². The van der Waals surface area contributed by atoms with Gasteiger partial charge in [-0.05, 0) is 13.3 Å². The largest absolute Gasteiger partial charge is 0.478 e. The minimum atomic E-state index is -0.856. The molecule has 0 aromatic heterocycles. The fourth-order valence-electron chi connectivity index (χ4n) is 0.823. The number of carbonyl (C=O) groups is 1. The van der Waals surface area contributed by atoms with Gasteiger partial charge in [0.25, 0.3) is 0 Å². The molecule has 0 aromatic rings. The molecule has 12 heavy (non-hydrogen) atoms. The number of hydrogen-bond acceptors (Lipinski definition) is 1. The monoisotopic (exact) mass is 168 g/mol. The van der Waals surface area contributed by atoms with Gasteiger partial charge in [-0.3, -0.25) is 0 Å². The third kappa shape index (κ3) is 4.72. The fraction of sp³-hybridized carbons (Fsp3) is 0.500. The van der Waals surface area contributed by atoms with Gasteiger partial charge in [0.15, 0.2) is 0 Å². The summed E-state index contributed by atoms with van der Waals surface area (Å²) in [6.45, 7) is 3.84. The van der Waals surface area contributed by atoms with Crippen LogP contribution in [0.25, 0.3) is 0 Å². The maximum absolute atomic E-state index is 10.5. The van der Waals surface area contributed by atoms with Crippen molar-refractivity contribution >= 4 is 5.97 Å². The van der Waals surface area contributed by atoms with E-state index < -0.39 is 5.97 Å². The smallest absolute Gasteiger partial charge is 0.335 e. The van der Waals surface area contributed by atoms with E-state index in [0.717, 1.165) is 19.3 Å². The van der Waals surface area contributed by atoms with Crippen LogP contribution in [0.4, 0.5) is 0 Å². The van der Waals surface area contributed by atoms with Crippen molar-refractivity contribution in [3.8, 4) is 0 Å². The Bertz CT molecular complexity index is 190. The Balaban J connectivity index is 3.87. The van der Waals surface area contributed by atoms with E-state index in [1.54, 1.807) is 19.1 Å². The Morgan fingerprint density at radius 2 is 2.17 bits per heavy atom. The van der Waals surface area contributed by atoms with Crippen molar-refractivity contribution in [2.45, 2.75) is 33.1 Å². The van der Waals surface area contributed by atoms with Gasteiger partial charge in [0.2, 0.25) is 0 Å². The van der Waals surface area contributed by atoms with E-state index in [1.807, 2.05) is 6.08 Å². The zero-order valence-electron chi connectivity index (χ0n) is 7.71. The number of allylic oxidation sites excluding steroid dienone is 2. The van der Waals surface area contributed by atoms with E-state index in [1.165, 1.54) is 0 Å². The van der Waals surface area contributed by atoms with Gasteiger partial charge in [0, 0.05) is 0 Å². The van der Waals surface area contributed by atoms with Gasteiger partial charge in [0.1, 0.15) is 0 Å². The van der Waals surface area contributed by atoms with Crippen LogP contribution in [-0.2, 0) is 4.79 Å². The first kappa shape index (κ1) is 11.0. The third-order valence-corrected chi connectivity index (χ3v) is 1.58.